The summed E-state index contributed by atoms with van der Waals surface area (Å²) >= 11 is 0. The van der Waals surface area contributed by atoms with E-state index in [1.807, 2.05) is 6.92 Å². The molecule has 0 aliphatic heterocycles. The first kappa shape index (κ1) is 14.8. The van der Waals surface area contributed by atoms with E-state index in [0.29, 0.717) is 19.0 Å². The largest absolute Gasteiger partial charge is 0.480 e. The van der Waals surface area contributed by atoms with Crippen LogP contribution in [-0.4, -0.2) is 52.9 Å². The summed E-state index contributed by atoms with van der Waals surface area (Å²) in [6.07, 6.45) is 3.53. The summed E-state index contributed by atoms with van der Waals surface area (Å²) in [5.41, 5.74) is 0. The Hall–Kier alpha value is -1.30. The molecular formula is C12H22N2O4. The van der Waals surface area contributed by atoms with Crippen LogP contribution in [0.5, 0.6) is 0 Å². The van der Waals surface area contributed by atoms with Crippen molar-refractivity contribution in [2.24, 2.45) is 5.92 Å². The van der Waals surface area contributed by atoms with E-state index in [2.05, 4.69) is 5.32 Å². The lowest BCUT2D eigenvalue weighted by atomic mass is 9.85. The number of carboxylic acid groups (broad SMARTS) is 1. The zero-order valence-electron chi connectivity index (χ0n) is 10.8. The molecule has 1 rings (SSSR count). The molecule has 6 heteroatoms. The van der Waals surface area contributed by atoms with Crippen LogP contribution in [0, 0.1) is 5.92 Å². The Bertz CT molecular complexity index is 292. The van der Waals surface area contributed by atoms with Crippen LogP contribution in [0.15, 0.2) is 0 Å². The molecule has 104 valence electrons. The maximum atomic E-state index is 11.9. The number of urea groups is 1. The number of hydrogen-bond acceptors (Lipinski definition) is 3. The summed E-state index contributed by atoms with van der Waals surface area (Å²) in [5, 5.41) is 20.1. The van der Waals surface area contributed by atoms with Gasteiger partial charge in [0.25, 0.3) is 0 Å². The molecular weight excluding hydrogens is 236 g/mol. The minimum Gasteiger partial charge on any atom is -0.480 e. The summed E-state index contributed by atoms with van der Waals surface area (Å²) < 4.78 is 0. The Balaban J connectivity index is 2.45. The van der Waals surface area contributed by atoms with Gasteiger partial charge in [-0.1, -0.05) is 6.42 Å². The lowest BCUT2D eigenvalue weighted by Gasteiger charge is -2.32. The smallest absolute Gasteiger partial charge is 0.326 e. The van der Waals surface area contributed by atoms with E-state index < -0.39 is 12.0 Å². The van der Waals surface area contributed by atoms with E-state index in [0.717, 1.165) is 12.8 Å². The average Bonchev–Trinajstić information content (AvgIpc) is 2.26. The third-order valence-electron chi connectivity index (χ3n) is 3.39. The molecule has 0 spiro atoms. The van der Waals surface area contributed by atoms with Crippen LogP contribution >= 0.6 is 0 Å². The highest BCUT2D eigenvalue weighted by atomic mass is 16.4. The zero-order valence-corrected chi connectivity index (χ0v) is 10.8. The van der Waals surface area contributed by atoms with Crippen LogP contribution in [0.1, 0.15) is 32.6 Å². The molecule has 0 aromatic rings. The van der Waals surface area contributed by atoms with Crippen LogP contribution < -0.4 is 5.32 Å². The molecule has 0 bridgehead atoms. The third kappa shape index (κ3) is 4.18. The number of amides is 2. The molecule has 18 heavy (non-hydrogen) atoms. The predicted molar refractivity (Wildman–Crippen MR) is 66.2 cm³/mol. The van der Waals surface area contributed by atoms with Gasteiger partial charge in [0.2, 0.25) is 0 Å². The lowest BCUT2D eigenvalue weighted by molar-refractivity contribution is -0.139. The second kappa shape index (κ2) is 7.20. The van der Waals surface area contributed by atoms with Crippen molar-refractivity contribution in [2.75, 3.05) is 19.7 Å². The van der Waals surface area contributed by atoms with Gasteiger partial charge in [-0.05, 0) is 25.7 Å². The summed E-state index contributed by atoms with van der Waals surface area (Å²) in [6.45, 7) is 2.87. The molecule has 0 radical (unpaired) electrons. The van der Waals surface area contributed by atoms with Gasteiger partial charge in [0.15, 0.2) is 0 Å². The van der Waals surface area contributed by atoms with Crippen molar-refractivity contribution >= 4 is 12.0 Å². The molecule has 6 nitrogen and oxygen atoms in total. The minimum atomic E-state index is -1.11. The molecule has 0 unspecified atom stereocenters. The van der Waals surface area contributed by atoms with E-state index >= 15 is 0 Å². The number of carboxylic acids is 1. The van der Waals surface area contributed by atoms with Crippen molar-refractivity contribution in [1.29, 1.82) is 0 Å². The third-order valence-corrected chi connectivity index (χ3v) is 3.39. The maximum Gasteiger partial charge on any atom is 0.326 e. The van der Waals surface area contributed by atoms with Gasteiger partial charge in [0.05, 0.1) is 0 Å². The Morgan fingerprint density at radius 1 is 1.44 bits per heavy atom. The number of nitrogens with one attached hydrogen (secondary N) is 1. The van der Waals surface area contributed by atoms with Gasteiger partial charge in [-0.15, -0.1) is 0 Å². The van der Waals surface area contributed by atoms with Crippen molar-refractivity contribution in [3.05, 3.63) is 0 Å². The number of aliphatic hydroxyl groups is 1. The highest BCUT2D eigenvalue weighted by Gasteiger charge is 2.25. The lowest BCUT2D eigenvalue weighted by Crippen LogP contribution is -2.49. The van der Waals surface area contributed by atoms with E-state index in [1.165, 1.54) is 6.42 Å². The van der Waals surface area contributed by atoms with Gasteiger partial charge < -0.3 is 20.4 Å². The molecule has 1 saturated carbocycles. The molecule has 1 fully saturated rings. The average molecular weight is 258 g/mol. The molecule has 3 N–H and O–H groups in total. The first-order chi connectivity index (χ1) is 8.58. The van der Waals surface area contributed by atoms with Crippen LogP contribution in [0.4, 0.5) is 4.79 Å². The number of carbonyl (C=O) groups is 2. The first-order valence-corrected chi connectivity index (χ1v) is 6.47. The Morgan fingerprint density at radius 3 is 2.50 bits per heavy atom. The predicted octanol–water partition coefficient (Wildman–Crippen LogP) is 0.654. The molecule has 1 aliphatic rings. The normalized spacial score (nSPS) is 16.8. The Labute approximate surface area is 107 Å². The standard InChI is InChI=1S/C12H22N2O4/c1-2-14(8-9-4-3-5-9)12(18)13-10(6-7-15)11(16)17/h9-10,15H,2-8H2,1H3,(H,13,18)(H,16,17)/t10-/m0/s1. The molecule has 0 heterocycles. The van der Waals surface area contributed by atoms with Gasteiger partial charge in [-0.3, -0.25) is 0 Å². The van der Waals surface area contributed by atoms with Gasteiger partial charge >= 0.3 is 12.0 Å². The molecule has 1 aliphatic carbocycles. The summed E-state index contributed by atoms with van der Waals surface area (Å²) in [7, 11) is 0. The monoisotopic (exact) mass is 258 g/mol. The number of carbonyl (C=O) groups excluding carboxylic acids is 1. The van der Waals surface area contributed by atoms with Gasteiger partial charge in [-0.2, -0.15) is 0 Å². The summed E-state index contributed by atoms with van der Waals surface area (Å²) in [5.74, 6) is -0.561. The number of aliphatic hydroxyl groups excluding tert-OH is 1. The fourth-order valence-electron chi connectivity index (χ4n) is 1.97. The second-order valence-corrected chi connectivity index (χ2v) is 4.69. The van der Waals surface area contributed by atoms with Gasteiger partial charge in [0, 0.05) is 26.1 Å². The van der Waals surface area contributed by atoms with Crippen LogP contribution in [0.25, 0.3) is 0 Å². The van der Waals surface area contributed by atoms with Gasteiger partial charge in [0.1, 0.15) is 6.04 Å². The number of nitrogens with zero attached hydrogens (tertiary/aromatic N) is 1. The topological polar surface area (TPSA) is 89.9 Å². The number of hydrogen-bond donors (Lipinski definition) is 3. The fourth-order valence-corrected chi connectivity index (χ4v) is 1.97. The van der Waals surface area contributed by atoms with Crippen LogP contribution in [-0.2, 0) is 4.79 Å². The van der Waals surface area contributed by atoms with E-state index in [9.17, 15) is 9.59 Å². The highest BCUT2D eigenvalue weighted by molar-refractivity contribution is 5.82. The Morgan fingerprint density at radius 2 is 2.11 bits per heavy atom. The molecule has 1 atom stereocenters. The minimum absolute atomic E-state index is 0.0298. The van der Waals surface area contributed by atoms with E-state index in [-0.39, 0.29) is 19.1 Å². The molecule has 0 aromatic carbocycles. The fraction of sp³-hybridized carbons (Fsp3) is 0.833. The number of rotatable bonds is 7. The van der Waals surface area contributed by atoms with Gasteiger partial charge in [-0.25, -0.2) is 9.59 Å². The zero-order chi connectivity index (χ0) is 13.5. The van der Waals surface area contributed by atoms with Crippen LogP contribution in [0.3, 0.4) is 0 Å². The molecule has 2 amide bonds. The number of aliphatic carboxylic acids is 1. The Kier molecular flexibility index (Phi) is 5.91. The van der Waals surface area contributed by atoms with Crippen molar-refractivity contribution in [3.63, 3.8) is 0 Å². The van der Waals surface area contributed by atoms with Crippen molar-refractivity contribution < 1.29 is 19.8 Å². The van der Waals surface area contributed by atoms with Crippen molar-refractivity contribution in [2.45, 2.75) is 38.6 Å². The summed E-state index contributed by atoms with van der Waals surface area (Å²) in [6, 6.07) is -1.37. The first-order valence-electron chi connectivity index (χ1n) is 6.47. The van der Waals surface area contributed by atoms with Crippen molar-refractivity contribution in [1.82, 2.24) is 10.2 Å². The SMILES string of the molecule is CCN(CC1CCC1)C(=O)N[C@@H](CCO)C(=O)O. The van der Waals surface area contributed by atoms with E-state index in [4.69, 9.17) is 10.2 Å². The summed E-state index contributed by atoms with van der Waals surface area (Å²) in [4.78, 5) is 24.4. The highest BCUT2D eigenvalue weighted by Crippen LogP contribution is 2.27. The molecule has 0 saturated heterocycles. The molecule has 0 aromatic heterocycles. The van der Waals surface area contributed by atoms with E-state index in [1.54, 1.807) is 4.90 Å². The van der Waals surface area contributed by atoms with Crippen molar-refractivity contribution in [3.8, 4) is 0 Å². The van der Waals surface area contributed by atoms with Crippen LogP contribution in [0.2, 0.25) is 0 Å². The quantitative estimate of drug-likeness (QED) is 0.625. The second-order valence-electron chi connectivity index (χ2n) is 4.69. The maximum absolute atomic E-state index is 11.9.